The number of rotatable bonds is 8. The van der Waals surface area contributed by atoms with Gasteiger partial charge < -0.3 is 14.8 Å². The van der Waals surface area contributed by atoms with Crippen molar-refractivity contribution in [3.05, 3.63) is 23.8 Å². The molecule has 1 aliphatic carbocycles. The fourth-order valence-electron chi connectivity index (χ4n) is 3.54. The van der Waals surface area contributed by atoms with Crippen molar-refractivity contribution in [1.82, 2.24) is 10.2 Å². The summed E-state index contributed by atoms with van der Waals surface area (Å²) in [4.78, 5) is 2.64. The first-order valence-corrected chi connectivity index (χ1v) is 8.92. The van der Waals surface area contributed by atoms with Gasteiger partial charge in [-0.3, -0.25) is 4.90 Å². The zero-order chi connectivity index (χ0) is 16.1. The van der Waals surface area contributed by atoms with E-state index in [1.807, 2.05) is 12.1 Å². The second-order valence-corrected chi connectivity index (χ2v) is 7.03. The zero-order valence-electron chi connectivity index (χ0n) is 14.5. The quantitative estimate of drug-likeness (QED) is 0.799. The maximum atomic E-state index is 5.58. The van der Waals surface area contributed by atoms with Gasteiger partial charge in [0.1, 0.15) is 11.5 Å². The molecule has 1 atom stereocenters. The number of ether oxygens (including phenoxy) is 2. The Morgan fingerprint density at radius 3 is 2.57 bits per heavy atom. The molecule has 1 aliphatic heterocycles. The number of piperidine rings is 1. The Morgan fingerprint density at radius 2 is 1.91 bits per heavy atom. The summed E-state index contributed by atoms with van der Waals surface area (Å²) in [5.41, 5.74) is 1.26. The maximum absolute atomic E-state index is 5.58. The summed E-state index contributed by atoms with van der Waals surface area (Å²) in [6.07, 6.45) is 5.47. The van der Waals surface area contributed by atoms with E-state index >= 15 is 0 Å². The fourth-order valence-corrected chi connectivity index (χ4v) is 3.54. The molecule has 0 bridgehead atoms. The van der Waals surface area contributed by atoms with Crippen molar-refractivity contribution in [1.29, 1.82) is 0 Å². The molecule has 1 saturated heterocycles. The van der Waals surface area contributed by atoms with Crippen molar-refractivity contribution in [3.8, 4) is 11.5 Å². The predicted molar refractivity (Wildman–Crippen MR) is 93.1 cm³/mol. The molecule has 3 rings (SSSR count). The first-order valence-electron chi connectivity index (χ1n) is 8.92. The van der Waals surface area contributed by atoms with Gasteiger partial charge in [-0.1, -0.05) is 6.07 Å². The highest BCUT2D eigenvalue weighted by Gasteiger charge is 2.26. The molecule has 2 fully saturated rings. The molecule has 128 valence electrons. The lowest BCUT2D eigenvalue weighted by molar-refractivity contribution is 0.192. The third-order valence-corrected chi connectivity index (χ3v) is 5.02. The van der Waals surface area contributed by atoms with E-state index in [2.05, 4.69) is 16.3 Å². The van der Waals surface area contributed by atoms with Crippen LogP contribution >= 0.6 is 0 Å². The van der Waals surface area contributed by atoms with Crippen molar-refractivity contribution in [2.45, 2.75) is 32.2 Å². The van der Waals surface area contributed by atoms with Gasteiger partial charge in [-0.25, -0.2) is 0 Å². The first kappa shape index (κ1) is 16.6. The van der Waals surface area contributed by atoms with Gasteiger partial charge in [0, 0.05) is 31.3 Å². The topological polar surface area (TPSA) is 33.7 Å². The molecule has 4 nitrogen and oxygen atoms in total. The molecule has 1 heterocycles. The van der Waals surface area contributed by atoms with Crippen LogP contribution in [-0.2, 0) is 6.54 Å². The molecule has 2 aliphatic rings. The van der Waals surface area contributed by atoms with E-state index in [0.29, 0.717) is 0 Å². The van der Waals surface area contributed by atoms with E-state index in [9.17, 15) is 0 Å². The summed E-state index contributed by atoms with van der Waals surface area (Å²) >= 11 is 0. The minimum Gasteiger partial charge on any atom is -0.497 e. The van der Waals surface area contributed by atoms with E-state index in [-0.39, 0.29) is 0 Å². The lowest BCUT2D eigenvalue weighted by Gasteiger charge is -2.30. The largest absolute Gasteiger partial charge is 0.497 e. The van der Waals surface area contributed by atoms with Gasteiger partial charge in [0.05, 0.1) is 14.2 Å². The van der Waals surface area contributed by atoms with Crippen molar-refractivity contribution >= 4 is 0 Å². The Balaban J connectivity index is 1.66. The average molecular weight is 318 g/mol. The number of hydrogen-bond acceptors (Lipinski definition) is 4. The summed E-state index contributed by atoms with van der Waals surface area (Å²) in [6.45, 7) is 5.75. The molecule has 23 heavy (non-hydrogen) atoms. The van der Waals surface area contributed by atoms with Crippen LogP contribution < -0.4 is 14.8 Å². The van der Waals surface area contributed by atoms with Crippen molar-refractivity contribution in [3.63, 3.8) is 0 Å². The number of benzene rings is 1. The van der Waals surface area contributed by atoms with Crippen LogP contribution in [0, 0.1) is 11.8 Å². The molecular weight excluding hydrogens is 288 g/mol. The maximum Gasteiger partial charge on any atom is 0.127 e. The van der Waals surface area contributed by atoms with Crippen LogP contribution in [0.15, 0.2) is 18.2 Å². The third-order valence-electron chi connectivity index (χ3n) is 5.02. The predicted octanol–water partition coefficient (Wildman–Crippen LogP) is 2.92. The number of hydrogen-bond donors (Lipinski definition) is 1. The second-order valence-electron chi connectivity index (χ2n) is 7.03. The van der Waals surface area contributed by atoms with Crippen molar-refractivity contribution < 1.29 is 9.47 Å². The van der Waals surface area contributed by atoms with E-state index in [1.54, 1.807) is 14.2 Å². The van der Waals surface area contributed by atoms with E-state index in [0.717, 1.165) is 29.9 Å². The van der Waals surface area contributed by atoms with Crippen LogP contribution in [0.1, 0.15) is 31.2 Å². The first-order chi connectivity index (χ1) is 11.3. The molecule has 0 aromatic heterocycles. The molecule has 0 radical (unpaired) electrons. The second kappa shape index (κ2) is 8.02. The smallest absolute Gasteiger partial charge is 0.127 e. The van der Waals surface area contributed by atoms with Crippen LogP contribution in [0.4, 0.5) is 0 Å². The number of nitrogens with one attached hydrogen (secondary N) is 1. The standard InChI is InChI=1S/C19H30N2O2/c1-22-18-8-7-17(19(10-18)23-2)14-21(12-15-5-6-15)13-16-4-3-9-20-11-16/h7-8,10,15-16,20H,3-6,9,11-14H2,1-2H3. The van der Waals surface area contributed by atoms with Crippen LogP contribution in [0.2, 0.25) is 0 Å². The van der Waals surface area contributed by atoms with Gasteiger partial charge in [0.2, 0.25) is 0 Å². The number of nitrogens with zero attached hydrogens (tertiary/aromatic N) is 1. The molecule has 1 saturated carbocycles. The molecular formula is C19H30N2O2. The van der Waals surface area contributed by atoms with Gasteiger partial charge >= 0.3 is 0 Å². The summed E-state index contributed by atoms with van der Waals surface area (Å²) < 4.78 is 10.9. The average Bonchev–Trinajstić information content (AvgIpc) is 3.40. The SMILES string of the molecule is COc1ccc(CN(CC2CC2)CC2CCCNC2)c(OC)c1. The summed E-state index contributed by atoms with van der Waals surface area (Å²) in [7, 11) is 3.44. The highest BCUT2D eigenvalue weighted by atomic mass is 16.5. The number of methoxy groups -OCH3 is 2. The van der Waals surface area contributed by atoms with Gasteiger partial charge in [-0.05, 0) is 56.7 Å². The molecule has 0 amide bonds. The van der Waals surface area contributed by atoms with Crippen molar-refractivity contribution in [2.24, 2.45) is 11.8 Å². The van der Waals surface area contributed by atoms with Crippen LogP contribution in [0.3, 0.4) is 0 Å². The van der Waals surface area contributed by atoms with E-state index in [1.165, 1.54) is 57.4 Å². The van der Waals surface area contributed by atoms with Gasteiger partial charge in [0.25, 0.3) is 0 Å². The fraction of sp³-hybridized carbons (Fsp3) is 0.684. The summed E-state index contributed by atoms with van der Waals surface area (Å²) in [6, 6.07) is 6.18. The van der Waals surface area contributed by atoms with E-state index in [4.69, 9.17) is 9.47 Å². The minimum atomic E-state index is 0.784. The van der Waals surface area contributed by atoms with Crippen LogP contribution in [0.5, 0.6) is 11.5 Å². The van der Waals surface area contributed by atoms with Gasteiger partial charge in [-0.15, -0.1) is 0 Å². The molecule has 1 aromatic carbocycles. The van der Waals surface area contributed by atoms with Gasteiger partial charge in [0.15, 0.2) is 0 Å². The monoisotopic (exact) mass is 318 g/mol. The molecule has 1 N–H and O–H groups in total. The lowest BCUT2D eigenvalue weighted by Crippen LogP contribution is -2.38. The van der Waals surface area contributed by atoms with Crippen molar-refractivity contribution in [2.75, 3.05) is 40.4 Å². The highest BCUT2D eigenvalue weighted by molar-refractivity contribution is 5.40. The zero-order valence-corrected chi connectivity index (χ0v) is 14.5. The Kier molecular flexibility index (Phi) is 5.79. The van der Waals surface area contributed by atoms with E-state index < -0.39 is 0 Å². The van der Waals surface area contributed by atoms with Gasteiger partial charge in [-0.2, -0.15) is 0 Å². The highest BCUT2D eigenvalue weighted by Crippen LogP contribution is 2.32. The summed E-state index contributed by atoms with van der Waals surface area (Å²) in [5, 5.41) is 3.54. The Labute approximate surface area is 140 Å². The molecule has 0 spiro atoms. The Bertz CT molecular complexity index is 496. The van der Waals surface area contributed by atoms with Crippen LogP contribution in [-0.4, -0.2) is 45.3 Å². The Morgan fingerprint density at radius 1 is 1.09 bits per heavy atom. The normalized spacial score (nSPS) is 21.4. The summed E-state index contributed by atoms with van der Waals surface area (Å²) in [5.74, 6) is 3.49. The lowest BCUT2D eigenvalue weighted by atomic mass is 9.98. The van der Waals surface area contributed by atoms with Crippen LogP contribution in [0.25, 0.3) is 0 Å². The minimum absolute atomic E-state index is 0.784. The molecule has 1 aromatic rings. The third kappa shape index (κ3) is 4.85. The molecule has 1 unspecified atom stereocenters. The molecule has 4 heteroatoms. The Hall–Kier alpha value is -1.26.